The lowest BCUT2D eigenvalue weighted by atomic mass is 10.3. The second-order valence-corrected chi connectivity index (χ2v) is 4.61. The van der Waals surface area contributed by atoms with Crippen molar-refractivity contribution in [1.29, 1.82) is 0 Å². The Morgan fingerprint density at radius 3 is 2.50 bits per heavy atom. The summed E-state index contributed by atoms with van der Waals surface area (Å²) in [4.78, 5) is 0. The molecule has 74 valence electrons. The molecule has 0 radical (unpaired) electrons. The van der Waals surface area contributed by atoms with Crippen molar-refractivity contribution in [2.24, 2.45) is 0 Å². The van der Waals surface area contributed by atoms with Gasteiger partial charge in [0.2, 0.25) is 0 Å². The number of nitrogens with one attached hydrogen (secondary N) is 1. The van der Waals surface area contributed by atoms with E-state index in [2.05, 4.69) is 5.32 Å². The lowest BCUT2D eigenvalue weighted by molar-refractivity contribution is 0.0947. The summed E-state index contributed by atoms with van der Waals surface area (Å²) >= 11 is 0. The fourth-order valence-electron chi connectivity index (χ4n) is 0.635. The second kappa shape index (κ2) is 6.54. The topological polar surface area (TPSA) is 69.6 Å². The Morgan fingerprint density at radius 2 is 2.08 bits per heavy atom. The van der Waals surface area contributed by atoms with Gasteiger partial charge in [-0.3, -0.25) is 4.21 Å². The molecule has 0 bridgehead atoms. The summed E-state index contributed by atoms with van der Waals surface area (Å²) in [6.07, 6.45) is 0.928. The van der Waals surface area contributed by atoms with Crippen LogP contribution in [0.2, 0.25) is 0 Å². The summed E-state index contributed by atoms with van der Waals surface area (Å²) in [5, 5.41) is 20.4. The van der Waals surface area contributed by atoms with E-state index in [1.165, 1.54) is 0 Å². The minimum absolute atomic E-state index is 0.0795. The molecule has 12 heavy (non-hydrogen) atoms. The number of hydrogen-bond donors (Lipinski definition) is 3. The van der Waals surface area contributed by atoms with Crippen molar-refractivity contribution >= 4 is 10.8 Å². The van der Waals surface area contributed by atoms with Crippen LogP contribution in [0.1, 0.15) is 6.92 Å². The third-order valence-corrected chi connectivity index (χ3v) is 2.89. The normalized spacial score (nSPS) is 18.7. The van der Waals surface area contributed by atoms with Crippen molar-refractivity contribution in [3.8, 4) is 0 Å². The van der Waals surface area contributed by atoms with Gasteiger partial charge in [0.05, 0.1) is 12.7 Å². The van der Waals surface area contributed by atoms with E-state index in [1.807, 2.05) is 6.92 Å². The molecule has 3 atom stereocenters. The number of hydrogen-bond acceptors (Lipinski definition) is 4. The molecule has 0 heterocycles. The third-order valence-electron chi connectivity index (χ3n) is 1.59. The Labute approximate surface area is 75.4 Å². The zero-order chi connectivity index (χ0) is 9.56. The molecule has 0 aliphatic rings. The van der Waals surface area contributed by atoms with E-state index >= 15 is 0 Å². The Kier molecular flexibility index (Phi) is 6.55. The van der Waals surface area contributed by atoms with Crippen LogP contribution >= 0.6 is 0 Å². The van der Waals surface area contributed by atoms with Crippen LogP contribution in [-0.4, -0.2) is 51.7 Å². The lowest BCUT2D eigenvalue weighted by Gasteiger charge is -2.11. The first-order chi connectivity index (χ1) is 5.57. The van der Waals surface area contributed by atoms with Gasteiger partial charge in [-0.1, -0.05) is 0 Å². The lowest BCUT2D eigenvalue weighted by Crippen LogP contribution is -2.35. The molecule has 0 amide bonds. The molecule has 5 heteroatoms. The van der Waals surface area contributed by atoms with Gasteiger partial charge in [0.15, 0.2) is 0 Å². The second-order valence-electron chi connectivity index (χ2n) is 2.80. The highest BCUT2D eigenvalue weighted by molar-refractivity contribution is 7.84. The standard InChI is InChI=1S/C7H17NO3S/c1-6(12(2)11)3-8-4-7(10)5-9/h6-10H,3-5H2,1-2H3/t6?,7-,12?/m0/s1. The highest BCUT2D eigenvalue weighted by Crippen LogP contribution is 1.89. The first kappa shape index (κ1) is 12.0. The van der Waals surface area contributed by atoms with Crippen LogP contribution < -0.4 is 5.32 Å². The van der Waals surface area contributed by atoms with E-state index in [9.17, 15) is 4.21 Å². The Balaban J connectivity index is 3.37. The molecule has 0 fully saturated rings. The van der Waals surface area contributed by atoms with Gasteiger partial charge in [0.1, 0.15) is 0 Å². The third kappa shape index (κ3) is 5.65. The van der Waals surface area contributed by atoms with Crippen LogP contribution in [-0.2, 0) is 10.8 Å². The summed E-state index contributed by atoms with van der Waals surface area (Å²) in [7, 11) is -0.834. The Hall–Kier alpha value is 0.0300. The fourth-order valence-corrected chi connectivity index (χ4v) is 0.988. The summed E-state index contributed by atoms with van der Waals surface area (Å²) in [6, 6.07) is 0. The first-order valence-electron chi connectivity index (χ1n) is 3.89. The zero-order valence-corrected chi connectivity index (χ0v) is 8.30. The highest BCUT2D eigenvalue weighted by Gasteiger charge is 2.06. The highest BCUT2D eigenvalue weighted by atomic mass is 32.2. The summed E-state index contributed by atoms with van der Waals surface area (Å²) in [5.74, 6) is 0. The van der Waals surface area contributed by atoms with Crippen molar-refractivity contribution < 1.29 is 14.4 Å². The van der Waals surface area contributed by atoms with Gasteiger partial charge in [-0.25, -0.2) is 0 Å². The molecule has 0 aliphatic heterocycles. The van der Waals surface area contributed by atoms with Crippen molar-refractivity contribution in [1.82, 2.24) is 5.32 Å². The molecule has 0 saturated heterocycles. The molecule has 2 unspecified atom stereocenters. The molecule has 0 aromatic rings. The Morgan fingerprint density at radius 1 is 1.50 bits per heavy atom. The van der Waals surface area contributed by atoms with Crippen molar-refractivity contribution in [3.63, 3.8) is 0 Å². The van der Waals surface area contributed by atoms with Crippen LogP contribution in [0.3, 0.4) is 0 Å². The van der Waals surface area contributed by atoms with Gasteiger partial charge in [0.25, 0.3) is 0 Å². The van der Waals surface area contributed by atoms with E-state index < -0.39 is 16.9 Å². The van der Waals surface area contributed by atoms with Crippen molar-refractivity contribution in [3.05, 3.63) is 0 Å². The van der Waals surface area contributed by atoms with Crippen LogP contribution in [0.15, 0.2) is 0 Å². The van der Waals surface area contributed by atoms with Gasteiger partial charge in [0, 0.05) is 35.4 Å². The van der Waals surface area contributed by atoms with E-state index in [-0.39, 0.29) is 11.9 Å². The molecule has 0 aliphatic carbocycles. The van der Waals surface area contributed by atoms with Crippen LogP contribution in [0.4, 0.5) is 0 Å². The molecule has 4 nitrogen and oxygen atoms in total. The van der Waals surface area contributed by atoms with Gasteiger partial charge < -0.3 is 15.5 Å². The van der Waals surface area contributed by atoms with Crippen LogP contribution in [0.25, 0.3) is 0 Å². The van der Waals surface area contributed by atoms with Gasteiger partial charge in [-0.15, -0.1) is 0 Å². The molecule has 0 saturated carbocycles. The van der Waals surface area contributed by atoms with E-state index in [0.717, 1.165) is 0 Å². The molecule has 0 aromatic carbocycles. The van der Waals surface area contributed by atoms with Crippen molar-refractivity contribution in [2.45, 2.75) is 18.3 Å². The number of aliphatic hydroxyl groups excluding tert-OH is 2. The molecule has 0 rings (SSSR count). The van der Waals surface area contributed by atoms with Crippen LogP contribution in [0, 0.1) is 0 Å². The predicted octanol–water partition coefficient (Wildman–Crippen LogP) is -1.30. The van der Waals surface area contributed by atoms with Crippen molar-refractivity contribution in [2.75, 3.05) is 26.0 Å². The van der Waals surface area contributed by atoms with Gasteiger partial charge in [-0.2, -0.15) is 0 Å². The monoisotopic (exact) mass is 195 g/mol. The zero-order valence-electron chi connectivity index (χ0n) is 7.49. The first-order valence-corrected chi connectivity index (χ1v) is 5.52. The molecule has 3 N–H and O–H groups in total. The van der Waals surface area contributed by atoms with Crippen LogP contribution in [0.5, 0.6) is 0 Å². The molecular weight excluding hydrogens is 178 g/mol. The maximum atomic E-state index is 10.8. The minimum Gasteiger partial charge on any atom is -0.394 e. The average molecular weight is 195 g/mol. The predicted molar refractivity (Wildman–Crippen MR) is 49.5 cm³/mol. The van der Waals surface area contributed by atoms with E-state index in [4.69, 9.17) is 10.2 Å². The molecular formula is C7H17NO3S. The quantitative estimate of drug-likeness (QED) is 0.492. The van der Waals surface area contributed by atoms with E-state index in [1.54, 1.807) is 6.26 Å². The number of aliphatic hydroxyl groups is 2. The largest absolute Gasteiger partial charge is 0.394 e. The smallest absolute Gasteiger partial charge is 0.0894 e. The summed E-state index contributed by atoms with van der Waals surface area (Å²) in [5.41, 5.74) is 0. The Bertz CT molecular complexity index is 143. The minimum atomic E-state index is -0.834. The number of rotatable bonds is 6. The molecule has 0 aromatic heterocycles. The average Bonchev–Trinajstić information content (AvgIpc) is 2.03. The van der Waals surface area contributed by atoms with Gasteiger partial charge in [-0.05, 0) is 6.92 Å². The summed E-state index contributed by atoms with van der Waals surface area (Å²) in [6.45, 7) is 2.57. The molecule has 0 spiro atoms. The van der Waals surface area contributed by atoms with E-state index in [0.29, 0.717) is 13.1 Å². The maximum absolute atomic E-state index is 10.8. The SMILES string of the molecule is CC(CNC[C@H](O)CO)S(C)=O. The summed E-state index contributed by atoms with van der Waals surface area (Å²) < 4.78 is 10.8. The van der Waals surface area contributed by atoms with Gasteiger partial charge >= 0.3 is 0 Å². The maximum Gasteiger partial charge on any atom is 0.0894 e. The fraction of sp³-hybridized carbons (Fsp3) is 1.00.